The topological polar surface area (TPSA) is 29.1 Å². The van der Waals surface area contributed by atoms with Crippen molar-refractivity contribution in [2.45, 2.75) is 26.7 Å². The van der Waals surface area contributed by atoms with Crippen LogP contribution in [-0.2, 0) is 4.79 Å². The number of carbonyl (C=O) groups is 1. The van der Waals surface area contributed by atoms with Crippen molar-refractivity contribution in [1.29, 1.82) is 0 Å². The van der Waals surface area contributed by atoms with E-state index in [1.165, 1.54) is 0 Å². The summed E-state index contributed by atoms with van der Waals surface area (Å²) in [6.45, 7) is 3.01. The Kier molecular flexibility index (Phi) is 4.74. The van der Waals surface area contributed by atoms with E-state index in [4.69, 9.17) is 0 Å². The van der Waals surface area contributed by atoms with Crippen molar-refractivity contribution >= 4 is 5.91 Å². The Hall–Kier alpha value is -0.670. The number of carbonyl (C=O) groups excluding carboxylic acids is 1. The molecule has 0 heterocycles. The minimum Gasteiger partial charge on any atom is -0.350 e. The summed E-state index contributed by atoms with van der Waals surface area (Å²) in [5, 5.41) is 2.14. The first-order chi connectivity index (χ1) is 5.07. The molecular formula is C7H13F2NO. The second-order valence-corrected chi connectivity index (χ2v) is 2.45. The van der Waals surface area contributed by atoms with Gasteiger partial charge in [-0.25, -0.2) is 8.78 Å². The zero-order valence-electron chi connectivity index (χ0n) is 6.73. The number of nitrogens with one attached hydrogen (secondary N) is 1. The molecule has 0 aromatic rings. The van der Waals surface area contributed by atoms with Gasteiger partial charge in [0.1, 0.15) is 0 Å². The van der Waals surface area contributed by atoms with E-state index in [0.29, 0.717) is 6.42 Å². The first kappa shape index (κ1) is 10.3. The number of hydrogen-bond donors (Lipinski definition) is 1. The van der Waals surface area contributed by atoms with E-state index in [0.717, 1.165) is 0 Å². The van der Waals surface area contributed by atoms with Gasteiger partial charge in [-0.3, -0.25) is 4.79 Å². The molecule has 0 bridgehead atoms. The van der Waals surface area contributed by atoms with Gasteiger partial charge in [0.15, 0.2) is 0 Å². The first-order valence-corrected chi connectivity index (χ1v) is 3.63. The van der Waals surface area contributed by atoms with E-state index < -0.39 is 13.0 Å². The Morgan fingerprint density at radius 2 is 2.09 bits per heavy atom. The molecule has 4 heteroatoms. The van der Waals surface area contributed by atoms with Crippen LogP contribution in [0.25, 0.3) is 0 Å². The third-order valence-corrected chi connectivity index (χ3v) is 1.49. The summed E-state index contributed by atoms with van der Waals surface area (Å²) < 4.78 is 23.1. The molecular weight excluding hydrogens is 152 g/mol. The molecule has 2 nitrogen and oxygen atoms in total. The van der Waals surface area contributed by atoms with E-state index in [-0.39, 0.29) is 11.8 Å². The van der Waals surface area contributed by atoms with E-state index in [1.54, 1.807) is 6.92 Å². The predicted octanol–water partition coefficient (Wildman–Crippen LogP) is 1.41. The zero-order valence-corrected chi connectivity index (χ0v) is 6.73. The van der Waals surface area contributed by atoms with Gasteiger partial charge in [-0.1, -0.05) is 13.8 Å². The first-order valence-electron chi connectivity index (χ1n) is 3.63. The Bertz CT molecular complexity index is 128. The summed E-state index contributed by atoms with van der Waals surface area (Å²) in [6.07, 6.45) is -1.78. The fraction of sp³-hybridized carbons (Fsp3) is 0.857. The Morgan fingerprint density at radius 1 is 1.55 bits per heavy atom. The largest absolute Gasteiger partial charge is 0.350 e. The molecule has 66 valence electrons. The van der Waals surface area contributed by atoms with Crippen molar-refractivity contribution in [2.75, 3.05) is 6.54 Å². The second-order valence-electron chi connectivity index (χ2n) is 2.45. The summed E-state index contributed by atoms with van der Waals surface area (Å²) in [7, 11) is 0. The lowest BCUT2D eigenvalue weighted by Gasteiger charge is -2.08. The maximum absolute atomic E-state index is 11.5. The third kappa shape index (κ3) is 4.70. The van der Waals surface area contributed by atoms with Crippen LogP contribution in [0.1, 0.15) is 20.3 Å². The average molecular weight is 165 g/mol. The van der Waals surface area contributed by atoms with Gasteiger partial charge >= 0.3 is 0 Å². The molecule has 0 saturated heterocycles. The molecule has 1 atom stereocenters. The summed E-state index contributed by atoms with van der Waals surface area (Å²) in [5.74, 6) is -0.471. The molecule has 0 fully saturated rings. The molecule has 0 aromatic heterocycles. The lowest BCUT2D eigenvalue weighted by molar-refractivity contribution is -0.125. The van der Waals surface area contributed by atoms with Crippen LogP contribution in [0.4, 0.5) is 8.78 Å². The van der Waals surface area contributed by atoms with Gasteiger partial charge in [0, 0.05) is 5.92 Å². The van der Waals surface area contributed by atoms with Crippen molar-refractivity contribution in [1.82, 2.24) is 5.32 Å². The van der Waals surface area contributed by atoms with Crippen LogP contribution in [0.3, 0.4) is 0 Å². The van der Waals surface area contributed by atoms with Crippen molar-refractivity contribution in [3.8, 4) is 0 Å². The fourth-order valence-electron chi connectivity index (χ4n) is 0.537. The smallest absolute Gasteiger partial charge is 0.255 e. The molecule has 0 spiro atoms. The van der Waals surface area contributed by atoms with Crippen LogP contribution >= 0.6 is 0 Å². The standard InChI is InChI=1S/C7H13F2NO/c1-3-5(2)7(11)10-4-6(8)9/h5-6H,3-4H2,1-2H3,(H,10,11). The van der Waals surface area contributed by atoms with Gasteiger partial charge in [-0.05, 0) is 6.42 Å². The Balaban J connectivity index is 3.52. The lowest BCUT2D eigenvalue weighted by Crippen LogP contribution is -2.32. The Labute approximate surface area is 65.0 Å². The number of hydrogen-bond acceptors (Lipinski definition) is 1. The van der Waals surface area contributed by atoms with Crippen LogP contribution in [0.2, 0.25) is 0 Å². The minimum atomic E-state index is -2.46. The maximum atomic E-state index is 11.5. The van der Waals surface area contributed by atoms with E-state index >= 15 is 0 Å². The molecule has 0 aliphatic heterocycles. The van der Waals surface area contributed by atoms with Gasteiger partial charge in [0.2, 0.25) is 5.91 Å². The van der Waals surface area contributed by atoms with Crippen molar-refractivity contribution < 1.29 is 13.6 Å². The van der Waals surface area contributed by atoms with Gasteiger partial charge in [-0.15, -0.1) is 0 Å². The number of alkyl halides is 2. The molecule has 0 aliphatic rings. The highest BCUT2D eigenvalue weighted by atomic mass is 19.3. The average Bonchev–Trinajstić information content (AvgIpc) is 1.98. The predicted molar refractivity (Wildman–Crippen MR) is 38.5 cm³/mol. The van der Waals surface area contributed by atoms with Crippen LogP contribution in [0.5, 0.6) is 0 Å². The molecule has 0 radical (unpaired) electrons. The summed E-state index contributed by atoms with van der Waals surface area (Å²) in [5.41, 5.74) is 0. The quantitative estimate of drug-likeness (QED) is 0.670. The highest BCUT2D eigenvalue weighted by Crippen LogP contribution is 1.99. The molecule has 11 heavy (non-hydrogen) atoms. The molecule has 0 saturated carbocycles. The van der Waals surface area contributed by atoms with Crippen LogP contribution in [0.15, 0.2) is 0 Å². The zero-order chi connectivity index (χ0) is 8.85. The lowest BCUT2D eigenvalue weighted by atomic mass is 10.1. The van der Waals surface area contributed by atoms with E-state index in [9.17, 15) is 13.6 Å². The van der Waals surface area contributed by atoms with Gasteiger partial charge < -0.3 is 5.32 Å². The summed E-state index contributed by atoms with van der Waals surface area (Å²) in [6, 6.07) is 0. The molecule has 0 aromatic carbocycles. The molecule has 1 unspecified atom stereocenters. The molecule has 1 amide bonds. The highest BCUT2D eigenvalue weighted by Gasteiger charge is 2.11. The monoisotopic (exact) mass is 165 g/mol. The van der Waals surface area contributed by atoms with Gasteiger partial charge in [0.25, 0.3) is 6.43 Å². The van der Waals surface area contributed by atoms with Gasteiger partial charge in [0.05, 0.1) is 6.54 Å². The second kappa shape index (κ2) is 5.04. The molecule has 0 rings (SSSR count). The maximum Gasteiger partial charge on any atom is 0.255 e. The highest BCUT2D eigenvalue weighted by molar-refractivity contribution is 5.78. The van der Waals surface area contributed by atoms with Crippen molar-refractivity contribution in [3.63, 3.8) is 0 Å². The SMILES string of the molecule is CCC(C)C(=O)NCC(F)F. The molecule has 1 N–H and O–H groups in total. The minimum absolute atomic E-state index is 0.172. The normalized spacial score (nSPS) is 13.2. The van der Waals surface area contributed by atoms with E-state index in [2.05, 4.69) is 5.32 Å². The Morgan fingerprint density at radius 3 is 2.45 bits per heavy atom. The van der Waals surface area contributed by atoms with Crippen LogP contribution < -0.4 is 5.32 Å². The van der Waals surface area contributed by atoms with Crippen molar-refractivity contribution in [3.05, 3.63) is 0 Å². The summed E-state index contributed by atoms with van der Waals surface area (Å²) in [4.78, 5) is 10.8. The van der Waals surface area contributed by atoms with Crippen molar-refractivity contribution in [2.24, 2.45) is 5.92 Å². The fourth-order valence-corrected chi connectivity index (χ4v) is 0.537. The number of amides is 1. The third-order valence-electron chi connectivity index (χ3n) is 1.49. The number of halogens is 2. The summed E-state index contributed by atoms with van der Waals surface area (Å²) >= 11 is 0. The van der Waals surface area contributed by atoms with Crippen LogP contribution in [0, 0.1) is 5.92 Å². The number of rotatable bonds is 4. The molecule has 0 aliphatic carbocycles. The van der Waals surface area contributed by atoms with Gasteiger partial charge in [-0.2, -0.15) is 0 Å². The van der Waals surface area contributed by atoms with E-state index in [1.807, 2.05) is 6.92 Å². The van der Waals surface area contributed by atoms with Crippen LogP contribution in [-0.4, -0.2) is 18.9 Å².